The van der Waals surface area contributed by atoms with Crippen LogP contribution in [-0.2, 0) is 0 Å². The fourth-order valence-electron chi connectivity index (χ4n) is 3.64. The van der Waals surface area contributed by atoms with Gasteiger partial charge in [0.05, 0.1) is 11.6 Å². The summed E-state index contributed by atoms with van der Waals surface area (Å²) in [5.74, 6) is 0.859. The highest BCUT2D eigenvalue weighted by molar-refractivity contribution is 9.11. The van der Waals surface area contributed by atoms with Crippen LogP contribution in [0, 0.1) is 0 Å². The number of nitrogens with one attached hydrogen (secondary N) is 1. The van der Waals surface area contributed by atoms with Gasteiger partial charge < -0.3 is 9.72 Å². The van der Waals surface area contributed by atoms with Crippen molar-refractivity contribution in [2.75, 3.05) is 20.2 Å². The zero-order chi connectivity index (χ0) is 17.1. The molecule has 1 atom stereocenters. The first-order valence-corrected chi connectivity index (χ1v) is 10.2. The van der Waals surface area contributed by atoms with Crippen molar-refractivity contribution in [3.63, 3.8) is 0 Å². The van der Waals surface area contributed by atoms with Crippen LogP contribution in [0.3, 0.4) is 0 Å². The fourth-order valence-corrected chi connectivity index (χ4v) is 5.02. The van der Waals surface area contributed by atoms with Crippen molar-refractivity contribution < 1.29 is 4.74 Å². The second-order valence-electron chi connectivity index (χ2n) is 6.32. The maximum absolute atomic E-state index is 5.60. The van der Waals surface area contributed by atoms with Gasteiger partial charge in [0.1, 0.15) is 5.75 Å². The number of benzene rings is 1. The van der Waals surface area contributed by atoms with E-state index < -0.39 is 0 Å². The Kier molecular flexibility index (Phi) is 7.87. The normalized spacial score (nSPS) is 16.3. The van der Waals surface area contributed by atoms with Crippen molar-refractivity contribution in [1.29, 1.82) is 0 Å². The van der Waals surface area contributed by atoms with Crippen molar-refractivity contribution in [2.24, 2.45) is 0 Å². The van der Waals surface area contributed by atoms with Crippen molar-refractivity contribution in [3.8, 4) is 17.0 Å². The number of ether oxygens (including phenoxy) is 1. The molecule has 2 aromatic rings. The Morgan fingerprint density at radius 1 is 1.16 bits per heavy atom. The molecule has 0 amide bonds. The minimum absolute atomic E-state index is 0. The van der Waals surface area contributed by atoms with E-state index in [-0.39, 0.29) is 12.4 Å². The number of hydrogen-bond acceptors (Lipinski definition) is 2. The summed E-state index contributed by atoms with van der Waals surface area (Å²) in [7, 11) is 1.71. The molecule has 1 aromatic carbocycles. The Morgan fingerprint density at radius 3 is 2.52 bits per heavy atom. The van der Waals surface area contributed by atoms with Crippen LogP contribution in [-0.4, -0.2) is 30.1 Å². The summed E-state index contributed by atoms with van der Waals surface area (Å²) in [5.41, 5.74) is 3.46. The summed E-state index contributed by atoms with van der Waals surface area (Å²) in [6, 6.07) is 8.97. The average molecular weight is 493 g/mol. The minimum Gasteiger partial charge on any atom is -0.495 e. The number of rotatable bonds is 5. The molecule has 1 saturated heterocycles. The SMILES string of the molecule is CCC(c1ccc(-c2cc(Br)cc(Br)c2OC)[nH]1)N1CCCCC1.Cl. The lowest BCUT2D eigenvalue weighted by Crippen LogP contribution is -2.33. The van der Waals surface area contributed by atoms with E-state index in [9.17, 15) is 0 Å². The van der Waals surface area contributed by atoms with Gasteiger partial charge in [0.15, 0.2) is 0 Å². The molecule has 3 rings (SSSR count). The highest BCUT2D eigenvalue weighted by atomic mass is 79.9. The number of aromatic nitrogens is 1. The molecule has 25 heavy (non-hydrogen) atoms. The number of piperidine rings is 1. The number of H-pyrrole nitrogens is 1. The first kappa shape index (κ1) is 20.8. The zero-order valence-electron chi connectivity index (χ0n) is 14.6. The number of aromatic amines is 1. The monoisotopic (exact) mass is 490 g/mol. The van der Waals surface area contributed by atoms with Crippen LogP contribution >= 0.6 is 44.3 Å². The van der Waals surface area contributed by atoms with Gasteiger partial charge in [-0.2, -0.15) is 0 Å². The van der Waals surface area contributed by atoms with Gasteiger partial charge in [-0.1, -0.05) is 29.3 Å². The summed E-state index contributed by atoms with van der Waals surface area (Å²) < 4.78 is 7.58. The number of hydrogen-bond donors (Lipinski definition) is 1. The van der Waals surface area contributed by atoms with E-state index in [2.05, 4.69) is 66.9 Å². The van der Waals surface area contributed by atoms with E-state index in [1.165, 1.54) is 38.0 Å². The Bertz CT molecular complexity index is 699. The largest absolute Gasteiger partial charge is 0.495 e. The van der Waals surface area contributed by atoms with E-state index in [0.717, 1.165) is 32.4 Å². The average Bonchev–Trinajstić information content (AvgIpc) is 3.05. The molecular weight excluding hydrogens is 467 g/mol. The van der Waals surface area contributed by atoms with Gasteiger partial charge in [-0.15, -0.1) is 12.4 Å². The van der Waals surface area contributed by atoms with Gasteiger partial charge >= 0.3 is 0 Å². The number of halogens is 3. The molecule has 138 valence electrons. The summed E-state index contributed by atoms with van der Waals surface area (Å²) in [4.78, 5) is 6.26. The van der Waals surface area contributed by atoms with E-state index >= 15 is 0 Å². The molecular formula is C19H25Br2ClN2O. The summed E-state index contributed by atoms with van der Waals surface area (Å²) >= 11 is 7.17. The Hall–Kier alpha value is -0.490. The Labute approximate surface area is 173 Å². The van der Waals surface area contributed by atoms with E-state index in [4.69, 9.17) is 4.74 Å². The molecule has 0 radical (unpaired) electrons. The van der Waals surface area contributed by atoms with Crippen LogP contribution in [0.2, 0.25) is 0 Å². The highest BCUT2D eigenvalue weighted by Crippen LogP contribution is 2.39. The minimum atomic E-state index is 0. The van der Waals surface area contributed by atoms with Crippen LogP contribution in [0.15, 0.2) is 33.2 Å². The molecule has 0 spiro atoms. The maximum atomic E-state index is 5.60. The van der Waals surface area contributed by atoms with E-state index in [0.29, 0.717) is 6.04 Å². The van der Waals surface area contributed by atoms with E-state index in [1.54, 1.807) is 7.11 Å². The predicted octanol–water partition coefficient (Wildman–Crippen LogP) is 6.57. The summed E-state index contributed by atoms with van der Waals surface area (Å²) in [6.07, 6.45) is 5.12. The van der Waals surface area contributed by atoms with Crippen molar-refractivity contribution in [2.45, 2.75) is 38.6 Å². The molecule has 2 heterocycles. The first-order valence-electron chi connectivity index (χ1n) is 8.60. The molecule has 6 heteroatoms. The quantitative estimate of drug-likeness (QED) is 0.511. The molecule has 3 nitrogen and oxygen atoms in total. The van der Waals surface area contributed by atoms with E-state index in [1.807, 2.05) is 6.07 Å². The topological polar surface area (TPSA) is 28.3 Å². The molecule has 1 N–H and O–H groups in total. The van der Waals surface area contributed by atoms with Crippen LogP contribution in [0.25, 0.3) is 11.3 Å². The lowest BCUT2D eigenvalue weighted by molar-refractivity contribution is 0.157. The lowest BCUT2D eigenvalue weighted by Gasteiger charge is -2.33. The third-order valence-corrected chi connectivity index (χ3v) is 5.84. The van der Waals surface area contributed by atoms with Crippen molar-refractivity contribution in [1.82, 2.24) is 9.88 Å². The molecule has 1 fully saturated rings. The first-order chi connectivity index (χ1) is 11.6. The molecule has 1 unspecified atom stereocenters. The van der Waals surface area contributed by atoms with Gasteiger partial charge in [-0.25, -0.2) is 0 Å². The Balaban J connectivity index is 0.00000225. The van der Waals surface area contributed by atoms with Crippen LogP contribution < -0.4 is 4.74 Å². The smallest absolute Gasteiger partial charge is 0.142 e. The van der Waals surface area contributed by atoms with Crippen molar-refractivity contribution in [3.05, 3.63) is 38.9 Å². The van der Waals surface area contributed by atoms with Gasteiger partial charge in [-0.3, -0.25) is 4.90 Å². The van der Waals surface area contributed by atoms with Gasteiger partial charge in [0.25, 0.3) is 0 Å². The molecule has 0 saturated carbocycles. The third-order valence-electron chi connectivity index (χ3n) is 4.79. The van der Waals surface area contributed by atoms with Gasteiger partial charge in [-0.05, 0) is 72.5 Å². The molecule has 1 aliphatic heterocycles. The Morgan fingerprint density at radius 2 is 1.88 bits per heavy atom. The van der Waals surface area contributed by atoms with Crippen molar-refractivity contribution >= 4 is 44.3 Å². The third kappa shape index (κ3) is 4.62. The second-order valence-corrected chi connectivity index (χ2v) is 8.09. The standard InChI is InChI=1S/C19H24Br2N2O.ClH/c1-3-18(23-9-5-4-6-10-23)17-8-7-16(22-17)14-11-13(20)12-15(21)19(14)24-2;/h7-8,11-12,18,22H,3-6,9-10H2,1-2H3;1H. The predicted molar refractivity (Wildman–Crippen MR) is 114 cm³/mol. The van der Waals surface area contributed by atoms with Gasteiger partial charge in [0, 0.05) is 27.5 Å². The van der Waals surface area contributed by atoms with Gasteiger partial charge in [0.2, 0.25) is 0 Å². The lowest BCUT2D eigenvalue weighted by atomic mass is 10.0. The molecule has 0 aliphatic carbocycles. The summed E-state index contributed by atoms with van der Waals surface area (Å²) in [5, 5.41) is 0. The molecule has 1 aliphatic rings. The summed E-state index contributed by atoms with van der Waals surface area (Å²) in [6.45, 7) is 4.69. The van der Waals surface area contributed by atoms with Crippen LogP contribution in [0.4, 0.5) is 0 Å². The second kappa shape index (κ2) is 9.45. The van der Waals surface area contributed by atoms with Crippen LogP contribution in [0.5, 0.6) is 5.75 Å². The van der Waals surface area contributed by atoms with Crippen LogP contribution in [0.1, 0.15) is 44.3 Å². The number of methoxy groups -OCH3 is 1. The number of nitrogens with zero attached hydrogens (tertiary/aromatic N) is 1. The molecule has 1 aromatic heterocycles. The fraction of sp³-hybridized carbons (Fsp3) is 0.474. The zero-order valence-corrected chi connectivity index (χ0v) is 18.6. The molecule has 0 bridgehead atoms. The highest BCUT2D eigenvalue weighted by Gasteiger charge is 2.22. The maximum Gasteiger partial charge on any atom is 0.142 e. The number of likely N-dealkylation sites (tertiary alicyclic amines) is 1.